The Morgan fingerprint density at radius 1 is 1.45 bits per heavy atom. The molecule has 1 aromatic rings. The molecule has 0 saturated carbocycles. The molecule has 0 aromatic heterocycles. The van der Waals surface area contributed by atoms with E-state index in [-0.39, 0.29) is 36.7 Å². The van der Waals surface area contributed by atoms with Gasteiger partial charge in [0, 0.05) is 19.3 Å². The molecule has 0 spiro atoms. The van der Waals surface area contributed by atoms with Gasteiger partial charge in [0.25, 0.3) is 5.91 Å². The third-order valence-electron chi connectivity index (χ3n) is 3.98. The smallest absolute Gasteiger partial charge is 0.264 e. The molecule has 3 rings (SSSR count). The van der Waals surface area contributed by atoms with E-state index < -0.39 is 0 Å². The van der Waals surface area contributed by atoms with Gasteiger partial charge in [-0.25, -0.2) is 0 Å². The molecular formula is C15H20ClN3O3. The zero-order chi connectivity index (χ0) is 14.8. The second kappa shape index (κ2) is 6.98. The standard InChI is InChI=1S/C15H19N3O3.ClH/c1-18-12-7-11(4-5-13(12)21-9-14(18)19)17-15(20)10-3-2-6-16-8-10;/h4-5,7,10,16H,2-3,6,8-9H2,1H3,(H,17,20);1H. The van der Waals surface area contributed by atoms with Crippen LogP contribution in [0.2, 0.25) is 0 Å². The van der Waals surface area contributed by atoms with Crippen molar-refractivity contribution in [3.05, 3.63) is 18.2 Å². The number of benzene rings is 1. The van der Waals surface area contributed by atoms with Crippen LogP contribution in [0, 0.1) is 5.92 Å². The van der Waals surface area contributed by atoms with Crippen LogP contribution >= 0.6 is 12.4 Å². The Bertz CT molecular complexity index is 573. The molecule has 2 N–H and O–H groups in total. The molecule has 0 aliphatic carbocycles. The molecular weight excluding hydrogens is 306 g/mol. The van der Waals surface area contributed by atoms with Crippen LogP contribution in [0.3, 0.4) is 0 Å². The second-order valence-corrected chi connectivity index (χ2v) is 5.46. The Balaban J connectivity index is 0.00000176. The Hall–Kier alpha value is -1.79. The Labute approximate surface area is 135 Å². The van der Waals surface area contributed by atoms with Crippen LogP contribution in [-0.2, 0) is 9.59 Å². The fraction of sp³-hybridized carbons (Fsp3) is 0.467. The number of halogens is 1. The Morgan fingerprint density at radius 3 is 3.00 bits per heavy atom. The first-order valence-corrected chi connectivity index (χ1v) is 7.20. The Kier molecular flexibility index (Phi) is 5.26. The summed E-state index contributed by atoms with van der Waals surface area (Å²) in [6.07, 6.45) is 1.93. The van der Waals surface area contributed by atoms with E-state index in [1.54, 1.807) is 30.1 Å². The second-order valence-electron chi connectivity index (χ2n) is 5.46. The predicted molar refractivity (Wildman–Crippen MR) is 86.8 cm³/mol. The lowest BCUT2D eigenvalue weighted by molar-refractivity contribution is -0.121. The maximum Gasteiger partial charge on any atom is 0.264 e. The molecule has 1 saturated heterocycles. The van der Waals surface area contributed by atoms with Gasteiger partial charge in [-0.3, -0.25) is 9.59 Å². The van der Waals surface area contributed by atoms with E-state index in [1.165, 1.54) is 0 Å². The van der Waals surface area contributed by atoms with Gasteiger partial charge in [-0.15, -0.1) is 12.4 Å². The number of nitrogens with zero attached hydrogens (tertiary/aromatic N) is 1. The van der Waals surface area contributed by atoms with Crippen molar-refractivity contribution in [1.29, 1.82) is 0 Å². The maximum absolute atomic E-state index is 12.2. The summed E-state index contributed by atoms with van der Waals surface area (Å²) in [6.45, 7) is 1.76. The minimum Gasteiger partial charge on any atom is -0.482 e. The van der Waals surface area contributed by atoms with Gasteiger partial charge in [0.15, 0.2) is 6.61 Å². The van der Waals surface area contributed by atoms with Crippen LogP contribution in [0.25, 0.3) is 0 Å². The van der Waals surface area contributed by atoms with Gasteiger partial charge in [0.1, 0.15) is 5.75 Å². The van der Waals surface area contributed by atoms with Gasteiger partial charge in [-0.05, 0) is 37.6 Å². The number of carbonyl (C=O) groups is 2. The molecule has 1 atom stereocenters. The molecule has 120 valence electrons. The first-order chi connectivity index (χ1) is 10.1. The fourth-order valence-corrected chi connectivity index (χ4v) is 2.67. The van der Waals surface area contributed by atoms with Crippen molar-refractivity contribution >= 4 is 35.6 Å². The predicted octanol–water partition coefficient (Wildman–Crippen LogP) is 1.40. The van der Waals surface area contributed by atoms with Gasteiger partial charge in [-0.2, -0.15) is 0 Å². The molecule has 2 amide bonds. The number of piperidine rings is 1. The minimum absolute atomic E-state index is 0. The van der Waals surface area contributed by atoms with Gasteiger partial charge >= 0.3 is 0 Å². The first kappa shape index (κ1) is 16.6. The number of hydrogen-bond donors (Lipinski definition) is 2. The van der Waals surface area contributed by atoms with E-state index in [9.17, 15) is 9.59 Å². The highest BCUT2D eigenvalue weighted by Crippen LogP contribution is 2.33. The zero-order valence-corrected chi connectivity index (χ0v) is 13.2. The van der Waals surface area contributed by atoms with Gasteiger partial charge < -0.3 is 20.3 Å². The summed E-state index contributed by atoms with van der Waals surface area (Å²) in [7, 11) is 1.71. The number of anilines is 2. The first-order valence-electron chi connectivity index (χ1n) is 7.20. The number of hydrogen-bond acceptors (Lipinski definition) is 4. The average Bonchev–Trinajstić information content (AvgIpc) is 2.52. The maximum atomic E-state index is 12.2. The summed E-state index contributed by atoms with van der Waals surface area (Å²) in [6, 6.07) is 5.37. The lowest BCUT2D eigenvalue weighted by Gasteiger charge is -2.27. The summed E-state index contributed by atoms with van der Waals surface area (Å²) in [4.78, 5) is 25.4. The van der Waals surface area contributed by atoms with Crippen LogP contribution < -0.4 is 20.3 Å². The highest BCUT2D eigenvalue weighted by atomic mass is 35.5. The van der Waals surface area contributed by atoms with Crippen LogP contribution in [0.5, 0.6) is 5.75 Å². The summed E-state index contributed by atoms with van der Waals surface area (Å²) in [5, 5.41) is 6.16. The molecule has 7 heteroatoms. The largest absolute Gasteiger partial charge is 0.482 e. The van der Waals surface area contributed by atoms with E-state index in [4.69, 9.17) is 4.74 Å². The van der Waals surface area contributed by atoms with Crippen molar-refractivity contribution in [1.82, 2.24) is 5.32 Å². The van der Waals surface area contributed by atoms with Gasteiger partial charge in [0.2, 0.25) is 5.91 Å². The number of ether oxygens (including phenoxy) is 1. The lowest BCUT2D eigenvalue weighted by atomic mass is 9.99. The molecule has 22 heavy (non-hydrogen) atoms. The van der Waals surface area contributed by atoms with Crippen LogP contribution in [0.4, 0.5) is 11.4 Å². The summed E-state index contributed by atoms with van der Waals surface area (Å²) < 4.78 is 5.37. The van der Waals surface area contributed by atoms with Crippen molar-refractivity contribution < 1.29 is 14.3 Å². The van der Waals surface area contributed by atoms with Crippen molar-refractivity contribution in [3.8, 4) is 5.75 Å². The number of likely N-dealkylation sites (N-methyl/N-ethyl adjacent to an activating group) is 1. The summed E-state index contributed by atoms with van der Waals surface area (Å²) in [5.74, 6) is 0.593. The van der Waals surface area contributed by atoms with E-state index in [0.29, 0.717) is 17.1 Å². The van der Waals surface area contributed by atoms with E-state index in [2.05, 4.69) is 10.6 Å². The van der Waals surface area contributed by atoms with Crippen LogP contribution in [-0.4, -0.2) is 38.6 Å². The van der Waals surface area contributed by atoms with Crippen LogP contribution in [0.1, 0.15) is 12.8 Å². The fourth-order valence-electron chi connectivity index (χ4n) is 2.67. The molecule has 1 fully saturated rings. The summed E-state index contributed by atoms with van der Waals surface area (Å²) >= 11 is 0. The topological polar surface area (TPSA) is 70.7 Å². The van der Waals surface area contributed by atoms with Crippen molar-refractivity contribution in [2.24, 2.45) is 5.92 Å². The monoisotopic (exact) mass is 325 g/mol. The van der Waals surface area contributed by atoms with Crippen molar-refractivity contribution in [3.63, 3.8) is 0 Å². The third kappa shape index (κ3) is 3.34. The van der Waals surface area contributed by atoms with Crippen molar-refractivity contribution in [2.45, 2.75) is 12.8 Å². The number of carbonyl (C=O) groups excluding carboxylic acids is 2. The SMILES string of the molecule is CN1C(=O)COc2ccc(NC(=O)C3CCCNC3)cc21.Cl. The van der Waals surface area contributed by atoms with Crippen molar-refractivity contribution in [2.75, 3.05) is 37.0 Å². The number of nitrogens with one attached hydrogen (secondary N) is 2. The molecule has 2 heterocycles. The molecule has 2 aliphatic heterocycles. The molecule has 2 aliphatic rings. The van der Waals surface area contributed by atoms with E-state index in [1.807, 2.05) is 0 Å². The number of amides is 2. The normalized spacial score (nSPS) is 20.5. The van der Waals surface area contributed by atoms with E-state index in [0.717, 1.165) is 25.9 Å². The highest BCUT2D eigenvalue weighted by Gasteiger charge is 2.24. The molecule has 1 aromatic carbocycles. The lowest BCUT2D eigenvalue weighted by Crippen LogP contribution is -2.37. The number of rotatable bonds is 2. The molecule has 0 bridgehead atoms. The zero-order valence-electron chi connectivity index (χ0n) is 12.4. The third-order valence-corrected chi connectivity index (χ3v) is 3.98. The molecule has 6 nitrogen and oxygen atoms in total. The summed E-state index contributed by atoms with van der Waals surface area (Å²) in [5.41, 5.74) is 1.38. The molecule has 1 unspecified atom stereocenters. The van der Waals surface area contributed by atoms with Gasteiger partial charge in [0.05, 0.1) is 11.6 Å². The van der Waals surface area contributed by atoms with Crippen LogP contribution in [0.15, 0.2) is 18.2 Å². The number of fused-ring (bicyclic) bond motifs is 1. The molecule has 0 radical (unpaired) electrons. The average molecular weight is 326 g/mol. The quantitative estimate of drug-likeness (QED) is 0.862. The minimum atomic E-state index is -0.0949. The van der Waals surface area contributed by atoms with E-state index >= 15 is 0 Å². The van der Waals surface area contributed by atoms with Gasteiger partial charge in [-0.1, -0.05) is 0 Å². The highest BCUT2D eigenvalue weighted by molar-refractivity contribution is 5.99. The Morgan fingerprint density at radius 2 is 2.27 bits per heavy atom.